The van der Waals surface area contributed by atoms with Crippen LogP contribution in [-0.2, 0) is 0 Å². The van der Waals surface area contributed by atoms with Gasteiger partial charge in [0.05, 0.1) is 0 Å². The predicted octanol–water partition coefficient (Wildman–Crippen LogP) is 1.47. The monoisotopic (exact) mass is 182 g/mol. The zero-order chi connectivity index (χ0) is 9.10. The van der Waals surface area contributed by atoms with E-state index in [-0.39, 0.29) is 0 Å². The molecule has 2 aliphatic heterocycles. The lowest BCUT2D eigenvalue weighted by atomic mass is 9.90. The SMILES string of the molecule is CN1CCC(C[C@@H]2CCCN2)CC1. The quantitative estimate of drug-likeness (QED) is 0.695. The molecule has 2 fully saturated rings. The summed E-state index contributed by atoms with van der Waals surface area (Å²) in [4.78, 5) is 2.46. The highest BCUT2D eigenvalue weighted by molar-refractivity contribution is 4.80. The number of rotatable bonds is 2. The molecule has 0 aromatic heterocycles. The first-order valence-corrected chi connectivity index (χ1v) is 5.76. The number of nitrogens with one attached hydrogen (secondary N) is 1. The van der Waals surface area contributed by atoms with Crippen molar-refractivity contribution < 1.29 is 0 Å². The van der Waals surface area contributed by atoms with E-state index in [1.54, 1.807) is 0 Å². The van der Waals surface area contributed by atoms with Crippen molar-refractivity contribution in [2.75, 3.05) is 26.7 Å². The molecule has 0 aliphatic carbocycles. The van der Waals surface area contributed by atoms with Crippen LogP contribution >= 0.6 is 0 Å². The van der Waals surface area contributed by atoms with Gasteiger partial charge in [-0.15, -0.1) is 0 Å². The molecule has 2 heterocycles. The maximum Gasteiger partial charge on any atom is 0.00701 e. The van der Waals surface area contributed by atoms with Crippen LogP contribution in [0.25, 0.3) is 0 Å². The summed E-state index contributed by atoms with van der Waals surface area (Å²) >= 11 is 0. The molecule has 0 aromatic rings. The van der Waals surface area contributed by atoms with Crippen molar-refractivity contribution in [3.05, 3.63) is 0 Å². The molecule has 0 amide bonds. The fourth-order valence-corrected chi connectivity index (χ4v) is 2.66. The fraction of sp³-hybridized carbons (Fsp3) is 1.00. The van der Waals surface area contributed by atoms with Crippen LogP contribution in [0.1, 0.15) is 32.1 Å². The van der Waals surface area contributed by atoms with Gasteiger partial charge >= 0.3 is 0 Å². The molecule has 2 heteroatoms. The van der Waals surface area contributed by atoms with Gasteiger partial charge in [-0.1, -0.05) is 0 Å². The molecule has 0 bridgehead atoms. The van der Waals surface area contributed by atoms with E-state index in [4.69, 9.17) is 0 Å². The van der Waals surface area contributed by atoms with Crippen LogP contribution < -0.4 is 5.32 Å². The summed E-state index contributed by atoms with van der Waals surface area (Å²) in [6, 6.07) is 0.855. The molecule has 2 rings (SSSR count). The fourth-order valence-electron chi connectivity index (χ4n) is 2.66. The number of hydrogen-bond acceptors (Lipinski definition) is 2. The number of nitrogens with zero attached hydrogens (tertiary/aromatic N) is 1. The molecule has 0 spiro atoms. The summed E-state index contributed by atoms with van der Waals surface area (Å²) in [5, 5.41) is 3.60. The summed E-state index contributed by atoms with van der Waals surface area (Å²) in [7, 11) is 2.24. The molecule has 0 saturated carbocycles. The second-order valence-electron chi connectivity index (χ2n) is 4.78. The molecule has 2 aliphatic rings. The molecule has 1 atom stereocenters. The van der Waals surface area contributed by atoms with E-state index in [1.807, 2.05) is 0 Å². The Morgan fingerprint density at radius 1 is 1.23 bits per heavy atom. The third kappa shape index (κ3) is 2.68. The van der Waals surface area contributed by atoms with Gasteiger partial charge < -0.3 is 10.2 Å². The summed E-state index contributed by atoms with van der Waals surface area (Å²) in [5.41, 5.74) is 0. The lowest BCUT2D eigenvalue weighted by molar-refractivity contribution is 0.203. The molecular formula is C11H22N2. The van der Waals surface area contributed by atoms with E-state index in [9.17, 15) is 0 Å². The van der Waals surface area contributed by atoms with Gasteiger partial charge in [-0.05, 0) is 64.7 Å². The summed E-state index contributed by atoms with van der Waals surface area (Å²) in [6.07, 6.45) is 7.11. The van der Waals surface area contributed by atoms with Gasteiger partial charge in [0.1, 0.15) is 0 Å². The van der Waals surface area contributed by atoms with Crippen molar-refractivity contribution >= 4 is 0 Å². The summed E-state index contributed by atoms with van der Waals surface area (Å²) < 4.78 is 0. The van der Waals surface area contributed by atoms with Gasteiger partial charge in [0.15, 0.2) is 0 Å². The Morgan fingerprint density at radius 2 is 2.00 bits per heavy atom. The third-order valence-corrected chi connectivity index (χ3v) is 3.62. The zero-order valence-electron chi connectivity index (χ0n) is 8.76. The van der Waals surface area contributed by atoms with Crippen molar-refractivity contribution in [3.8, 4) is 0 Å². The van der Waals surface area contributed by atoms with Crippen molar-refractivity contribution in [1.82, 2.24) is 10.2 Å². The molecule has 0 unspecified atom stereocenters. The lowest BCUT2D eigenvalue weighted by Crippen LogP contribution is -2.33. The van der Waals surface area contributed by atoms with Crippen LogP contribution in [0.5, 0.6) is 0 Å². The van der Waals surface area contributed by atoms with Crippen LogP contribution in [-0.4, -0.2) is 37.6 Å². The second-order valence-corrected chi connectivity index (χ2v) is 4.78. The van der Waals surface area contributed by atoms with Gasteiger partial charge in [0.2, 0.25) is 0 Å². The Balaban J connectivity index is 1.69. The topological polar surface area (TPSA) is 15.3 Å². The molecule has 0 aromatic carbocycles. The molecule has 2 saturated heterocycles. The molecule has 2 nitrogen and oxygen atoms in total. The van der Waals surface area contributed by atoms with E-state index in [0.29, 0.717) is 0 Å². The molecule has 0 radical (unpaired) electrons. The van der Waals surface area contributed by atoms with Crippen molar-refractivity contribution in [2.24, 2.45) is 5.92 Å². The van der Waals surface area contributed by atoms with E-state index in [2.05, 4.69) is 17.3 Å². The first-order valence-electron chi connectivity index (χ1n) is 5.76. The largest absolute Gasteiger partial charge is 0.314 e. The van der Waals surface area contributed by atoms with Gasteiger partial charge in [0.25, 0.3) is 0 Å². The highest BCUT2D eigenvalue weighted by Gasteiger charge is 2.22. The number of piperidine rings is 1. The van der Waals surface area contributed by atoms with Crippen LogP contribution in [0.3, 0.4) is 0 Å². The van der Waals surface area contributed by atoms with E-state index >= 15 is 0 Å². The first-order chi connectivity index (χ1) is 6.34. The maximum absolute atomic E-state index is 3.60. The first kappa shape index (κ1) is 9.47. The molecule has 1 N–H and O–H groups in total. The normalized spacial score (nSPS) is 32.5. The van der Waals surface area contributed by atoms with Gasteiger partial charge in [-0.3, -0.25) is 0 Å². The zero-order valence-corrected chi connectivity index (χ0v) is 8.76. The number of likely N-dealkylation sites (tertiary alicyclic amines) is 1. The average Bonchev–Trinajstić information content (AvgIpc) is 2.62. The Bertz CT molecular complexity index is 144. The minimum absolute atomic E-state index is 0.855. The molecular weight excluding hydrogens is 160 g/mol. The maximum atomic E-state index is 3.60. The van der Waals surface area contributed by atoms with Gasteiger partial charge in [0, 0.05) is 6.04 Å². The highest BCUT2D eigenvalue weighted by Crippen LogP contribution is 2.23. The minimum atomic E-state index is 0.855. The van der Waals surface area contributed by atoms with Crippen molar-refractivity contribution in [3.63, 3.8) is 0 Å². The van der Waals surface area contributed by atoms with Gasteiger partial charge in [-0.2, -0.15) is 0 Å². The molecule has 13 heavy (non-hydrogen) atoms. The predicted molar refractivity (Wildman–Crippen MR) is 55.9 cm³/mol. The van der Waals surface area contributed by atoms with Crippen molar-refractivity contribution in [2.45, 2.75) is 38.1 Å². The highest BCUT2D eigenvalue weighted by atomic mass is 15.1. The average molecular weight is 182 g/mol. The minimum Gasteiger partial charge on any atom is -0.314 e. The van der Waals surface area contributed by atoms with Crippen LogP contribution in [0.4, 0.5) is 0 Å². The van der Waals surface area contributed by atoms with Crippen molar-refractivity contribution in [1.29, 1.82) is 0 Å². The smallest absolute Gasteiger partial charge is 0.00701 e. The van der Waals surface area contributed by atoms with E-state index in [0.717, 1.165) is 12.0 Å². The number of hydrogen-bond donors (Lipinski definition) is 1. The van der Waals surface area contributed by atoms with E-state index in [1.165, 1.54) is 51.7 Å². The lowest BCUT2D eigenvalue weighted by Gasteiger charge is -2.30. The second kappa shape index (κ2) is 4.43. The Labute approximate surface area is 81.7 Å². The summed E-state index contributed by atoms with van der Waals surface area (Å²) in [6.45, 7) is 3.89. The van der Waals surface area contributed by atoms with E-state index < -0.39 is 0 Å². The third-order valence-electron chi connectivity index (χ3n) is 3.62. The van der Waals surface area contributed by atoms with Crippen LogP contribution in [0.15, 0.2) is 0 Å². The Hall–Kier alpha value is -0.0800. The Morgan fingerprint density at radius 3 is 2.62 bits per heavy atom. The van der Waals surface area contributed by atoms with Crippen LogP contribution in [0, 0.1) is 5.92 Å². The van der Waals surface area contributed by atoms with Gasteiger partial charge in [-0.25, -0.2) is 0 Å². The Kier molecular flexibility index (Phi) is 3.23. The summed E-state index contributed by atoms with van der Waals surface area (Å²) in [5.74, 6) is 1.01. The van der Waals surface area contributed by atoms with Crippen LogP contribution in [0.2, 0.25) is 0 Å². The molecule has 76 valence electrons. The standard InChI is InChI=1S/C11H22N2/c1-13-7-4-10(5-8-13)9-11-3-2-6-12-11/h10-12H,2-9H2,1H3/t11-/m0/s1.